The molecule has 0 fully saturated rings. The molecule has 0 aliphatic carbocycles. The van der Waals surface area contributed by atoms with Crippen LogP contribution in [0, 0.1) is 5.92 Å². The standard InChI is InChI=1S/C16H27N3O/c1-5-7-19(8-6-2)16(20)14-9-15(12-17-11-14)18-10-13(3)4/h9,11-13,18H,5-8,10H2,1-4H3. The fourth-order valence-corrected chi connectivity index (χ4v) is 2.01. The monoisotopic (exact) mass is 277 g/mol. The van der Waals surface area contributed by atoms with Crippen molar-refractivity contribution in [1.29, 1.82) is 0 Å². The fourth-order valence-electron chi connectivity index (χ4n) is 2.01. The van der Waals surface area contributed by atoms with Crippen molar-refractivity contribution < 1.29 is 4.79 Å². The number of amides is 1. The fraction of sp³-hybridized carbons (Fsp3) is 0.625. The summed E-state index contributed by atoms with van der Waals surface area (Å²) in [4.78, 5) is 18.6. The van der Waals surface area contributed by atoms with Crippen LogP contribution in [0.25, 0.3) is 0 Å². The summed E-state index contributed by atoms with van der Waals surface area (Å²) in [5.41, 5.74) is 1.58. The second kappa shape index (κ2) is 8.56. The minimum absolute atomic E-state index is 0.0781. The first kappa shape index (κ1) is 16.5. The third kappa shape index (κ3) is 5.19. The van der Waals surface area contributed by atoms with Gasteiger partial charge in [-0.3, -0.25) is 9.78 Å². The Hall–Kier alpha value is -1.58. The normalized spacial score (nSPS) is 10.7. The number of carbonyl (C=O) groups is 1. The number of anilines is 1. The quantitative estimate of drug-likeness (QED) is 0.792. The molecule has 1 rings (SSSR count). The molecule has 1 amide bonds. The van der Waals surface area contributed by atoms with Crippen molar-refractivity contribution in [2.75, 3.05) is 25.0 Å². The molecule has 0 aliphatic rings. The molecular weight excluding hydrogens is 250 g/mol. The molecule has 0 spiro atoms. The molecular formula is C16H27N3O. The van der Waals surface area contributed by atoms with Crippen LogP contribution in [0.1, 0.15) is 50.9 Å². The molecule has 0 saturated heterocycles. The zero-order valence-corrected chi connectivity index (χ0v) is 13.1. The number of pyridine rings is 1. The van der Waals surface area contributed by atoms with E-state index in [2.05, 4.69) is 38.0 Å². The lowest BCUT2D eigenvalue weighted by Gasteiger charge is -2.21. The van der Waals surface area contributed by atoms with Gasteiger partial charge in [-0.25, -0.2) is 0 Å². The van der Waals surface area contributed by atoms with Gasteiger partial charge in [0.2, 0.25) is 0 Å². The Balaban J connectivity index is 2.78. The van der Waals surface area contributed by atoms with E-state index in [1.54, 1.807) is 12.4 Å². The van der Waals surface area contributed by atoms with E-state index in [1.807, 2.05) is 11.0 Å². The number of carbonyl (C=O) groups excluding carboxylic acids is 1. The Morgan fingerprint density at radius 2 is 1.90 bits per heavy atom. The van der Waals surface area contributed by atoms with E-state index in [9.17, 15) is 4.79 Å². The van der Waals surface area contributed by atoms with E-state index < -0.39 is 0 Å². The molecule has 4 heteroatoms. The lowest BCUT2D eigenvalue weighted by Crippen LogP contribution is -2.32. The van der Waals surface area contributed by atoms with Gasteiger partial charge >= 0.3 is 0 Å². The molecule has 112 valence electrons. The average molecular weight is 277 g/mol. The van der Waals surface area contributed by atoms with Gasteiger partial charge in [0.05, 0.1) is 11.3 Å². The largest absolute Gasteiger partial charge is 0.384 e. The van der Waals surface area contributed by atoms with Gasteiger partial charge in [0.25, 0.3) is 5.91 Å². The maximum absolute atomic E-state index is 12.5. The third-order valence-corrected chi connectivity index (χ3v) is 2.97. The highest BCUT2D eigenvalue weighted by Gasteiger charge is 2.14. The van der Waals surface area contributed by atoms with Crippen LogP contribution in [0.4, 0.5) is 5.69 Å². The second-order valence-electron chi connectivity index (χ2n) is 5.53. The van der Waals surface area contributed by atoms with E-state index >= 15 is 0 Å². The van der Waals surface area contributed by atoms with E-state index in [4.69, 9.17) is 0 Å². The van der Waals surface area contributed by atoms with Crippen LogP contribution in [-0.4, -0.2) is 35.4 Å². The maximum atomic E-state index is 12.5. The Kier molecular flexibility index (Phi) is 7.05. The highest BCUT2D eigenvalue weighted by molar-refractivity contribution is 5.94. The first-order valence-electron chi connectivity index (χ1n) is 7.56. The van der Waals surface area contributed by atoms with Crippen LogP contribution < -0.4 is 5.32 Å². The zero-order chi connectivity index (χ0) is 15.0. The molecule has 1 aromatic rings. The molecule has 0 aromatic carbocycles. The Morgan fingerprint density at radius 3 is 2.45 bits per heavy atom. The minimum Gasteiger partial charge on any atom is -0.384 e. The summed E-state index contributed by atoms with van der Waals surface area (Å²) >= 11 is 0. The predicted octanol–water partition coefficient (Wildman–Crippen LogP) is 3.41. The molecule has 1 N–H and O–H groups in total. The predicted molar refractivity (Wildman–Crippen MR) is 84.1 cm³/mol. The zero-order valence-electron chi connectivity index (χ0n) is 13.1. The van der Waals surface area contributed by atoms with Crippen LogP contribution in [0.5, 0.6) is 0 Å². The van der Waals surface area contributed by atoms with Gasteiger partial charge in [-0.15, -0.1) is 0 Å². The summed E-state index contributed by atoms with van der Waals surface area (Å²) in [5.74, 6) is 0.639. The Bertz CT molecular complexity index is 412. The highest BCUT2D eigenvalue weighted by atomic mass is 16.2. The number of hydrogen-bond acceptors (Lipinski definition) is 3. The van der Waals surface area contributed by atoms with Crippen LogP contribution in [-0.2, 0) is 0 Å². The second-order valence-corrected chi connectivity index (χ2v) is 5.53. The van der Waals surface area contributed by atoms with Gasteiger partial charge in [-0.2, -0.15) is 0 Å². The van der Waals surface area contributed by atoms with Gasteiger partial charge in [0, 0.05) is 32.0 Å². The number of nitrogens with one attached hydrogen (secondary N) is 1. The molecule has 1 heterocycles. The molecule has 0 unspecified atom stereocenters. The van der Waals surface area contributed by atoms with Crippen molar-refractivity contribution in [3.05, 3.63) is 24.0 Å². The first-order chi connectivity index (χ1) is 9.58. The lowest BCUT2D eigenvalue weighted by atomic mass is 10.2. The van der Waals surface area contributed by atoms with Crippen molar-refractivity contribution in [3.63, 3.8) is 0 Å². The third-order valence-electron chi connectivity index (χ3n) is 2.97. The molecule has 0 radical (unpaired) electrons. The minimum atomic E-state index is 0.0781. The van der Waals surface area contributed by atoms with Crippen LogP contribution >= 0.6 is 0 Å². The Labute approximate surface area is 122 Å². The van der Waals surface area contributed by atoms with Crippen molar-refractivity contribution in [1.82, 2.24) is 9.88 Å². The summed E-state index contributed by atoms with van der Waals surface area (Å²) in [6, 6.07) is 1.90. The average Bonchev–Trinajstić information content (AvgIpc) is 2.44. The van der Waals surface area contributed by atoms with E-state index in [-0.39, 0.29) is 5.91 Å². The first-order valence-corrected chi connectivity index (χ1v) is 7.56. The number of nitrogens with zero attached hydrogens (tertiary/aromatic N) is 2. The lowest BCUT2D eigenvalue weighted by molar-refractivity contribution is 0.0755. The van der Waals surface area contributed by atoms with Crippen molar-refractivity contribution in [3.8, 4) is 0 Å². The molecule has 20 heavy (non-hydrogen) atoms. The number of aromatic nitrogens is 1. The van der Waals surface area contributed by atoms with Crippen LogP contribution in [0.3, 0.4) is 0 Å². The summed E-state index contributed by atoms with van der Waals surface area (Å²) in [6.07, 6.45) is 5.37. The number of hydrogen-bond donors (Lipinski definition) is 1. The van der Waals surface area contributed by atoms with Crippen molar-refractivity contribution >= 4 is 11.6 Å². The SMILES string of the molecule is CCCN(CCC)C(=O)c1cncc(NCC(C)C)c1. The summed E-state index contributed by atoms with van der Waals surface area (Å²) in [5, 5.41) is 3.31. The Morgan fingerprint density at radius 1 is 1.25 bits per heavy atom. The topological polar surface area (TPSA) is 45.2 Å². The van der Waals surface area contributed by atoms with E-state index in [1.165, 1.54) is 0 Å². The van der Waals surface area contributed by atoms with Gasteiger partial charge in [-0.05, 0) is 24.8 Å². The molecule has 1 aromatic heterocycles. The maximum Gasteiger partial charge on any atom is 0.255 e. The smallest absolute Gasteiger partial charge is 0.255 e. The summed E-state index contributed by atoms with van der Waals surface area (Å²) < 4.78 is 0. The van der Waals surface area contributed by atoms with Crippen LogP contribution in [0.15, 0.2) is 18.5 Å². The molecule has 4 nitrogen and oxygen atoms in total. The molecule has 0 saturated carbocycles. The van der Waals surface area contributed by atoms with Crippen LogP contribution in [0.2, 0.25) is 0 Å². The van der Waals surface area contributed by atoms with Gasteiger partial charge in [0.1, 0.15) is 0 Å². The van der Waals surface area contributed by atoms with Crippen molar-refractivity contribution in [2.45, 2.75) is 40.5 Å². The number of rotatable bonds is 8. The highest BCUT2D eigenvalue weighted by Crippen LogP contribution is 2.12. The van der Waals surface area contributed by atoms with Gasteiger partial charge in [0.15, 0.2) is 0 Å². The summed E-state index contributed by atoms with van der Waals surface area (Å²) in [7, 11) is 0. The molecule has 0 atom stereocenters. The van der Waals surface area contributed by atoms with Gasteiger partial charge in [-0.1, -0.05) is 27.7 Å². The summed E-state index contributed by atoms with van der Waals surface area (Å²) in [6.45, 7) is 11.0. The molecule has 0 aliphatic heterocycles. The van der Waals surface area contributed by atoms with E-state index in [0.29, 0.717) is 11.5 Å². The van der Waals surface area contributed by atoms with E-state index in [0.717, 1.165) is 38.2 Å². The van der Waals surface area contributed by atoms with Crippen molar-refractivity contribution in [2.24, 2.45) is 5.92 Å². The molecule has 0 bridgehead atoms. The van der Waals surface area contributed by atoms with Gasteiger partial charge < -0.3 is 10.2 Å².